The molecule has 1 aliphatic rings. The molecule has 1 atom stereocenters. The highest BCUT2D eigenvalue weighted by Gasteiger charge is 2.33. The van der Waals surface area contributed by atoms with Gasteiger partial charge in [-0.1, -0.05) is 24.3 Å². The number of nitrogens with one attached hydrogen (secondary N) is 1. The molecule has 0 bridgehead atoms. The number of urea groups is 1. The number of fused-ring (bicyclic) bond motifs is 3. The van der Waals surface area contributed by atoms with E-state index in [-0.39, 0.29) is 11.7 Å². The summed E-state index contributed by atoms with van der Waals surface area (Å²) in [5.74, 6) is -1.50. The maximum atomic E-state index is 14.2. The van der Waals surface area contributed by atoms with Crippen LogP contribution in [0.4, 0.5) is 19.3 Å². The molecule has 4 nitrogen and oxygen atoms in total. The molecule has 0 radical (unpaired) electrons. The lowest BCUT2D eigenvalue weighted by Gasteiger charge is -2.30. The Morgan fingerprint density at radius 3 is 2.70 bits per heavy atom. The van der Waals surface area contributed by atoms with Gasteiger partial charge in [0.15, 0.2) is 0 Å². The fourth-order valence-corrected chi connectivity index (χ4v) is 4.71. The molecule has 5 rings (SSSR count). The minimum Gasteiger partial charge on any atom is -0.318 e. The molecule has 30 heavy (non-hydrogen) atoms. The summed E-state index contributed by atoms with van der Waals surface area (Å²) in [4.78, 5) is 16.0. The molecule has 0 saturated heterocycles. The largest absolute Gasteiger partial charge is 0.323 e. The second kappa shape index (κ2) is 7.42. The lowest BCUT2D eigenvalue weighted by atomic mass is 10.1. The van der Waals surface area contributed by atoms with Crippen molar-refractivity contribution < 1.29 is 13.6 Å². The molecule has 0 spiro atoms. The highest BCUT2D eigenvalue weighted by Crippen LogP contribution is 2.38. The molecule has 0 aliphatic carbocycles. The Balaban J connectivity index is 1.61. The number of benzene rings is 2. The number of hydrogen-bond acceptors (Lipinski definition) is 2. The van der Waals surface area contributed by atoms with Crippen LogP contribution in [0.15, 0.2) is 78.3 Å². The van der Waals surface area contributed by atoms with E-state index in [2.05, 4.69) is 9.88 Å². The molecule has 150 valence electrons. The van der Waals surface area contributed by atoms with Crippen LogP contribution < -0.4 is 5.32 Å². The van der Waals surface area contributed by atoms with E-state index < -0.39 is 17.7 Å². The standard InChI is InChI=1S/C23H17F2N3OS/c24-16-9-10-18(17(25)13-16)26-23(29)28-14-15-5-1-2-6-19(15)27-11-3-7-20(27)22(28)21-8-4-12-30-21/h1-13,22H,14H2,(H,26,29)/t22-/m0/s1. The quantitative estimate of drug-likeness (QED) is 0.426. The summed E-state index contributed by atoms with van der Waals surface area (Å²) < 4.78 is 29.5. The van der Waals surface area contributed by atoms with Gasteiger partial charge in [-0.3, -0.25) is 0 Å². The van der Waals surface area contributed by atoms with Gasteiger partial charge in [0.25, 0.3) is 0 Å². The molecule has 0 unspecified atom stereocenters. The molecule has 2 aromatic carbocycles. The first kappa shape index (κ1) is 18.6. The van der Waals surface area contributed by atoms with Crippen LogP contribution in [0.1, 0.15) is 22.2 Å². The maximum Gasteiger partial charge on any atom is 0.323 e. The van der Waals surface area contributed by atoms with Crippen molar-refractivity contribution in [2.45, 2.75) is 12.6 Å². The van der Waals surface area contributed by atoms with Crippen LogP contribution in [0.25, 0.3) is 5.69 Å². The number of carbonyl (C=O) groups excluding carboxylic acids is 1. The zero-order valence-electron chi connectivity index (χ0n) is 15.8. The third-order valence-electron chi connectivity index (χ3n) is 5.21. The maximum absolute atomic E-state index is 14.2. The summed E-state index contributed by atoms with van der Waals surface area (Å²) in [6.45, 7) is 0.342. The van der Waals surface area contributed by atoms with Gasteiger partial charge in [0.1, 0.15) is 17.7 Å². The smallest absolute Gasteiger partial charge is 0.318 e. The third-order valence-corrected chi connectivity index (χ3v) is 6.13. The van der Waals surface area contributed by atoms with Crippen molar-refractivity contribution in [3.8, 4) is 5.69 Å². The Hall–Kier alpha value is -3.45. The fraction of sp³-hybridized carbons (Fsp3) is 0.0870. The van der Waals surface area contributed by atoms with Gasteiger partial charge in [0.05, 0.1) is 23.6 Å². The zero-order valence-corrected chi connectivity index (χ0v) is 16.6. The van der Waals surface area contributed by atoms with Crippen molar-refractivity contribution in [3.63, 3.8) is 0 Å². The first-order valence-electron chi connectivity index (χ1n) is 9.43. The number of anilines is 1. The van der Waals surface area contributed by atoms with Crippen molar-refractivity contribution >= 4 is 23.1 Å². The Morgan fingerprint density at radius 2 is 1.90 bits per heavy atom. The average Bonchev–Trinajstić information content (AvgIpc) is 3.41. The second-order valence-electron chi connectivity index (χ2n) is 7.03. The second-order valence-corrected chi connectivity index (χ2v) is 8.01. The van der Waals surface area contributed by atoms with Gasteiger partial charge in [0.2, 0.25) is 0 Å². The molecule has 0 saturated carbocycles. The number of hydrogen-bond donors (Lipinski definition) is 1. The van der Waals surface area contributed by atoms with Gasteiger partial charge in [-0.25, -0.2) is 13.6 Å². The Morgan fingerprint density at radius 1 is 1.03 bits per heavy atom. The van der Waals surface area contributed by atoms with Gasteiger partial charge in [-0.15, -0.1) is 11.3 Å². The molecule has 2 aromatic heterocycles. The first-order valence-corrected chi connectivity index (χ1v) is 10.3. The zero-order chi connectivity index (χ0) is 20.7. The average molecular weight is 421 g/mol. The van der Waals surface area contributed by atoms with Crippen molar-refractivity contribution in [1.82, 2.24) is 9.47 Å². The van der Waals surface area contributed by atoms with Gasteiger partial charge in [-0.05, 0) is 47.3 Å². The Labute approximate surface area is 176 Å². The molecule has 1 aliphatic heterocycles. The van der Waals surface area contributed by atoms with Crippen LogP contribution in [-0.2, 0) is 6.54 Å². The summed E-state index contributed by atoms with van der Waals surface area (Å²) in [7, 11) is 0. The number of rotatable bonds is 2. The fourth-order valence-electron chi connectivity index (χ4n) is 3.86. The van der Waals surface area contributed by atoms with Crippen LogP contribution in [0.5, 0.6) is 0 Å². The van der Waals surface area contributed by atoms with Crippen LogP contribution in [0.3, 0.4) is 0 Å². The molecular weight excluding hydrogens is 404 g/mol. The number of thiophene rings is 1. The third kappa shape index (κ3) is 3.17. The normalized spacial score (nSPS) is 15.3. The van der Waals surface area contributed by atoms with Crippen LogP contribution in [0, 0.1) is 11.6 Å². The first-order chi connectivity index (χ1) is 14.6. The Kier molecular flexibility index (Phi) is 4.59. The van der Waals surface area contributed by atoms with E-state index >= 15 is 0 Å². The summed E-state index contributed by atoms with van der Waals surface area (Å²) in [5.41, 5.74) is 2.86. The van der Waals surface area contributed by atoms with E-state index in [0.717, 1.165) is 34.0 Å². The van der Waals surface area contributed by atoms with Crippen molar-refractivity contribution in [3.05, 3.63) is 106 Å². The number of carbonyl (C=O) groups is 1. The predicted molar refractivity (Wildman–Crippen MR) is 113 cm³/mol. The lowest BCUT2D eigenvalue weighted by molar-refractivity contribution is 0.195. The monoisotopic (exact) mass is 421 g/mol. The SMILES string of the molecule is O=C(Nc1ccc(F)cc1F)N1Cc2ccccc2-n2cccc2[C@H]1c1cccs1. The van der Waals surface area contributed by atoms with E-state index in [1.165, 1.54) is 6.07 Å². The number of halogens is 2. The molecule has 4 aromatic rings. The number of para-hydroxylation sites is 1. The minimum atomic E-state index is -0.811. The van der Waals surface area contributed by atoms with Gasteiger partial charge >= 0.3 is 6.03 Å². The molecule has 0 fully saturated rings. The van der Waals surface area contributed by atoms with E-state index in [1.807, 2.05) is 60.1 Å². The Bertz CT molecular complexity index is 1220. The van der Waals surface area contributed by atoms with Gasteiger partial charge < -0.3 is 14.8 Å². The molecule has 1 N–H and O–H groups in total. The van der Waals surface area contributed by atoms with Crippen LogP contribution in [0.2, 0.25) is 0 Å². The molecule has 3 heterocycles. The summed E-state index contributed by atoms with van der Waals surface area (Å²) >= 11 is 1.56. The molecule has 2 amide bonds. The minimum absolute atomic E-state index is 0.0563. The van der Waals surface area contributed by atoms with Gasteiger partial charge in [0, 0.05) is 17.1 Å². The van der Waals surface area contributed by atoms with Crippen LogP contribution >= 0.6 is 11.3 Å². The summed E-state index contributed by atoms with van der Waals surface area (Å²) in [6, 6.07) is 18.1. The number of amides is 2. The van der Waals surface area contributed by atoms with Crippen molar-refractivity contribution in [1.29, 1.82) is 0 Å². The van der Waals surface area contributed by atoms with Crippen molar-refractivity contribution in [2.75, 3.05) is 5.32 Å². The van der Waals surface area contributed by atoms with E-state index in [0.29, 0.717) is 6.54 Å². The number of aromatic nitrogens is 1. The van der Waals surface area contributed by atoms with E-state index in [1.54, 1.807) is 16.2 Å². The van der Waals surface area contributed by atoms with E-state index in [9.17, 15) is 13.6 Å². The highest BCUT2D eigenvalue weighted by atomic mass is 32.1. The van der Waals surface area contributed by atoms with Gasteiger partial charge in [-0.2, -0.15) is 0 Å². The highest BCUT2D eigenvalue weighted by molar-refractivity contribution is 7.10. The predicted octanol–water partition coefficient (Wildman–Crippen LogP) is 5.95. The molecule has 7 heteroatoms. The summed E-state index contributed by atoms with van der Waals surface area (Å²) in [6.07, 6.45) is 1.98. The molecular formula is C23H17F2N3OS. The topological polar surface area (TPSA) is 37.3 Å². The number of nitrogens with zero attached hydrogens (tertiary/aromatic N) is 2. The van der Waals surface area contributed by atoms with Crippen LogP contribution in [-0.4, -0.2) is 15.5 Å². The summed E-state index contributed by atoms with van der Waals surface area (Å²) in [5, 5.41) is 4.59. The van der Waals surface area contributed by atoms with Crippen molar-refractivity contribution in [2.24, 2.45) is 0 Å². The van der Waals surface area contributed by atoms with E-state index in [4.69, 9.17) is 0 Å². The lowest BCUT2D eigenvalue weighted by Crippen LogP contribution is -2.37.